The van der Waals surface area contributed by atoms with Crippen LogP contribution >= 0.6 is 0 Å². The van der Waals surface area contributed by atoms with Crippen molar-refractivity contribution < 1.29 is 17.9 Å². The lowest BCUT2D eigenvalue weighted by Gasteiger charge is -2.22. The molecule has 1 atom stereocenters. The largest absolute Gasteiger partial charge is 0.492 e. The average molecular weight is 337 g/mol. The number of aryl methyl sites for hydroxylation is 2. The topological polar surface area (TPSA) is 72.5 Å². The Bertz CT molecular complexity index is 712. The third-order valence-electron chi connectivity index (χ3n) is 4.96. The second-order valence-corrected chi connectivity index (χ2v) is 8.98. The highest BCUT2D eigenvalue weighted by Crippen LogP contribution is 2.36. The summed E-state index contributed by atoms with van der Waals surface area (Å²) in [6.45, 7) is 4.99. The van der Waals surface area contributed by atoms with Crippen molar-refractivity contribution in [3.63, 3.8) is 0 Å². The second kappa shape index (κ2) is 6.15. The minimum Gasteiger partial charge on any atom is -0.492 e. The van der Waals surface area contributed by atoms with Crippen LogP contribution in [0.4, 0.5) is 0 Å². The first-order chi connectivity index (χ1) is 10.9. The molecule has 2 aliphatic heterocycles. The fourth-order valence-electron chi connectivity index (χ4n) is 3.20. The van der Waals surface area contributed by atoms with E-state index in [1.54, 1.807) is 0 Å². The Hall–Kier alpha value is -1.56. The number of ether oxygens (including phenoxy) is 1. The first-order valence-corrected chi connectivity index (χ1v) is 9.90. The van der Waals surface area contributed by atoms with E-state index in [2.05, 4.69) is 5.32 Å². The fraction of sp³-hybridized carbons (Fsp3) is 0.588. The van der Waals surface area contributed by atoms with Gasteiger partial charge in [0.1, 0.15) is 28.1 Å². The van der Waals surface area contributed by atoms with Gasteiger partial charge in [0.2, 0.25) is 5.91 Å². The van der Waals surface area contributed by atoms with Crippen molar-refractivity contribution in [2.45, 2.75) is 32.6 Å². The molecule has 1 saturated heterocycles. The number of carbonyl (C=O) groups is 1. The van der Waals surface area contributed by atoms with Crippen LogP contribution in [-0.2, 0) is 14.6 Å². The van der Waals surface area contributed by atoms with Crippen LogP contribution in [-0.4, -0.2) is 39.0 Å². The maximum atomic E-state index is 12.5. The van der Waals surface area contributed by atoms with Gasteiger partial charge < -0.3 is 10.1 Å². The summed E-state index contributed by atoms with van der Waals surface area (Å²) < 4.78 is 28.5. The fourth-order valence-corrected chi connectivity index (χ4v) is 4.79. The predicted molar refractivity (Wildman–Crippen MR) is 88.5 cm³/mol. The van der Waals surface area contributed by atoms with E-state index in [-0.39, 0.29) is 29.2 Å². The van der Waals surface area contributed by atoms with Gasteiger partial charge in [-0.3, -0.25) is 4.79 Å². The molecular formula is C17H23NO4S. The summed E-state index contributed by atoms with van der Waals surface area (Å²) in [7, 11) is -2.85. The molecule has 0 radical (unpaired) electrons. The van der Waals surface area contributed by atoms with Crippen LogP contribution in [0.2, 0.25) is 0 Å². The predicted octanol–water partition coefficient (Wildman–Crippen LogP) is 1.72. The lowest BCUT2D eigenvalue weighted by Crippen LogP contribution is -2.36. The molecular weight excluding hydrogens is 314 g/mol. The molecule has 23 heavy (non-hydrogen) atoms. The zero-order valence-corrected chi connectivity index (χ0v) is 14.4. The van der Waals surface area contributed by atoms with Gasteiger partial charge in [-0.2, -0.15) is 0 Å². The third-order valence-corrected chi connectivity index (χ3v) is 6.68. The summed E-state index contributed by atoms with van der Waals surface area (Å²) in [5.41, 5.74) is 3.27. The first-order valence-electron chi connectivity index (χ1n) is 8.08. The van der Waals surface area contributed by atoms with Crippen LogP contribution in [0.3, 0.4) is 0 Å². The lowest BCUT2D eigenvalue weighted by molar-refractivity contribution is -0.122. The number of sulfone groups is 1. The van der Waals surface area contributed by atoms with Crippen molar-refractivity contribution in [2.24, 2.45) is 5.92 Å². The molecule has 5 nitrogen and oxygen atoms in total. The summed E-state index contributed by atoms with van der Waals surface area (Å²) in [5.74, 6) is 1.24. The van der Waals surface area contributed by atoms with Gasteiger partial charge in [-0.15, -0.1) is 0 Å². The normalized spacial score (nSPS) is 23.1. The number of hydrogen-bond donors (Lipinski definition) is 1. The summed E-state index contributed by atoms with van der Waals surface area (Å²) >= 11 is 0. The summed E-state index contributed by atoms with van der Waals surface area (Å²) in [6, 6.07) is 4.03. The third kappa shape index (κ3) is 3.52. The number of rotatable bonds is 3. The van der Waals surface area contributed by atoms with Crippen molar-refractivity contribution >= 4 is 15.7 Å². The van der Waals surface area contributed by atoms with E-state index in [4.69, 9.17) is 4.74 Å². The van der Waals surface area contributed by atoms with Gasteiger partial charge >= 0.3 is 0 Å². The molecule has 126 valence electrons. The van der Waals surface area contributed by atoms with E-state index in [9.17, 15) is 13.2 Å². The molecule has 0 aliphatic carbocycles. The zero-order chi connectivity index (χ0) is 16.6. The van der Waals surface area contributed by atoms with Crippen LogP contribution in [0.1, 0.15) is 35.4 Å². The molecule has 0 spiro atoms. The molecule has 1 aromatic carbocycles. The van der Waals surface area contributed by atoms with Gasteiger partial charge in [0.05, 0.1) is 11.5 Å². The van der Waals surface area contributed by atoms with Gasteiger partial charge in [-0.25, -0.2) is 8.42 Å². The van der Waals surface area contributed by atoms with Gasteiger partial charge in [0.25, 0.3) is 0 Å². The Balaban J connectivity index is 1.60. The molecule has 1 aromatic rings. The summed E-state index contributed by atoms with van der Waals surface area (Å²) in [4.78, 5) is 12.5. The van der Waals surface area contributed by atoms with Gasteiger partial charge in [0, 0.05) is 12.1 Å². The Morgan fingerprint density at radius 1 is 1.22 bits per heavy atom. The highest BCUT2D eigenvalue weighted by Gasteiger charge is 2.31. The highest BCUT2D eigenvalue weighted by atomic mass is 32.2. The number of hydrogen-bond acceptors (Lipinski definition) is 4. The molecule has 1 amide bonds. The quantitative estimate of drug-likeness (QED) is 0.911. The molecule has 6 heteroatoms. The Morgan fingerprint density at radius 3 is 2.57 bits per heavy atom. The maximum Gasteiger partial charge on any atom is 0.231 e. The Morgan fingerprint density at radius 2 is 1.87 bits per heavy atom. The average Bonchev–Trinajstić information content (AvgIpc) is 2.89. The Labute approximate surface area is 137 Å². The van der Waals surface area contributed by atoms with Crippen molar-refractivity contribution in [1.82, 2.24) is 5.32 Å². The molecule has 2 heterocycles. The number of carbonyl (C=O) groups excluding carboxylic acids is 1. The smallest absolute Gasteiger partial charge is 0.231 e. The Kier molecular flexibility index (Phi) is 4.36. The molecule has 0 bridgehead atoms. The molecule has 1 fully saturated rings. The maximum absolute atomic E-state index is 12.5. The first kappa shape index (κ1) is 16.3. The van der Waals surface area contributed by atoms with Crippen LogP contribution in [0, 0.1) is 19.8 Å². The SMILES string of the molecule is Cc1cc2c(cc1C)[C@@H](C(=O)NCC1CCS(=O)(=O)CC1)CO2. The van der Waals surface area contributed by atoms with E-state index in [1.165, 1.54) is 0 Å². The molecule has 0 aromatic heterocycles. The number of amides is 1. The van der Waals surface area contributed by atoms with E-state index in [0.29, 0.717) is 26.0 Å². The minimum absolute atomic E-state index is 0.0274. The minimum atomic E-state index is -2.85. The van der Waals surface area contributed by atoms with Crippen molar-refractivity contribution in [1.29, 1.82) is 0 Å². The summed E-state index contributed by atoms with van der Waals surface area (Å²) in [6.07, 6.45) is 1.28. The molecule has 0 saturated carbocycles. The van der Waals surface area contributed by atoms with Crippen LogP contribution in [0.5, 0.6) is 5.75 Å². The standard InChI is InChI=1S/C17H23NO4S/c1-11-7-14-15(10-22-16(14)8-12(11)2)17(19)18-9-13-3-5-23(20,21)6-4-13/h7-8,13,15H,3-6,9-10H2,1-2H3,(H,18,19)/t15-/m0/s1. The number of nitrogens with one attached hydrogen (secondary N) is 1. The molecule has 1 N–H and O–H groups in total. The summed E-state index contributed by atoms with van der Waals surface area (Å²) in [5, 5.41) is 2.98. The highest BCUT2D eigenvalue weighted by molar-refractivity contribution is 7.91. The van der Waals surface area contributed by atoms with E-state index >= 15 is 0 Å². The van der Waals surface area contributed by atoms with Crippen LogP contribution in [0.15, 0.2) is 12.1 Å². The lowest BCUT2D eigenvalue weighted by atomic mass is 9.96. The monoisotopic (exact) mass is 337 g/mol. The molecule has 2 aliphatic rings. The number of benzene rings is 1. The van der Waals surface area contributed by atoms with E-state index < -0.39 is 9.84 Å². The van der Waals surface area contributed by atoms with Crippen LogP contribution < -0.4 is 10.1 Å². The van der Waals surface area contributed by atoms with Crippen molar-refractivity contribution in [3.05, 3.63) is 28.8 Å². The molecule has 0 unspecified atom stereocenters. The molecule has 3 rings (SSSR count). The van der Waals surface area contributed by atoms with Crippen LogP contribution in [0.25, 0.3) is 0 Å². The van der Waals surface area contributed by atoms with Gasteiger partial charge in [-0.05, 0) is 49.8 Å². The van der Waals surface area contributed by atoms with Crippen molar-refractivity contribution in [2.75, 3.05) is 24.7 Å². The van der Waals surface area contributed by atoms with Gasteiger partial charge in [-0.1, -0.05) is 6.07 Å². The van der Waals surface area contributed by atoms with Crippen molar-refractivity contribution in [3.8, 4) is 5.75 Å². The van der Waals surface area contributed by atoms with E-state index in [1.807, 2.05) is 26.0 Å². The van der Waals surface area contributed by atoms with Gasteiger partial charge in [0.15, 0.2) is 0 Å². The zero-order valence-electron chi connectivity index (χ0n) is 13.6. The number of fused-ring (bicyclic) bond motifs is 1. The van der Waals surface area contributed by atoms with E-state index in [0.717, 1.165) is 22.4 Å². The second-order valence-electron chi connectivity index (χ2n) is 6.68.